The minimum absolute atomic E-state index is 0.0327. The molecule has 0 radical (unpaired) electrons. The Kier molecular flexibility index (Phi) is 11.4. The SMILES string of the molecule is CCNC(=O)[C@@H](Cc1ccccc1)N(Cc1c(Cl)cccc1Cl)C(=O)CCCN(c1ccccc1F)S(C)(=O)=O. The number of nitrogens with zero attached hydrogens (tertiary/aromatic N) is 2. The zero-order chi connectivity index (χ0) is 29.3. The number of carbonyl (C=O) groups excluding carboxylic acids is 2. The van der Waals surface area contributed by atoms with Gasteiger partial charge in [0.1, 0.15) is 11.9 Å². The molecule has 3 rings (SSSR count). The van der Waals surface area contributed by atoms with Crippen molar-refractivity contribution in [2.24, 2.45) is 0 Å². The molecule has 40 heavy (non-hydrogen) atoms. The van der Waals surface area contributed by atoms with E-state index in [0.717, 1.165) is 16.1 Å². The summed E-state index contributed by atoms with van der Waals surface area (Å²) in [6, 6.07) is 19.0. The number of benzene rings is 3. The van der Waals surface area contributed by atoms with Crippen LogP contribution in [0.2, 0.25) is 10.0 Å². The van der Waals surface area contributed by atoms with E-state index in [1.165, 1.54) is 29.2 Å². The molecular weight excluding hydrogens is 576 g/mol. The van der Waals surface area contributed by atoms with E-state index < -0.39 is 27.8 Å². The Morgan fingerprint density at radius 1 is 0.950 bits per heavy atom. The molecule has 11 heteroatoms. The van der Waals surface area contributed by atoms with Gasteiger partial charge in [-0.3, -0.25) is 13.9 Å². The summed E-state index contributed by atoms with van der Waals surface area (Å²) >= 11 is 12.9. The number of rotatable bonds is 13. The van der Waals surface area contributed by atoms with Crippen LogP contribution in [0.1, 0.15) is 30.9 Å². The van der Waals surface area contributed by atoms with Crippen LogP contribution in [0.3, 0.4) is 0 Å². The lowest BCUT2D eigenvalue weighted by Crippen LogP contribution is -2.50. The van der Waals surface area contributed by atoms with Crippen LogP contribution in [0.15, 0.2) is 72.8 Å². The Morgan fingerprint density at radius 2 is 1.57 bits per heavy atom. The number of para-hydroxylation sites is 1. The normalized spacial score (nSPS) is 12.0. The number of amides is 2. The first-order valence-electron chi connectivity index (χ1n) is 12.8. The third kappa shape index (κ3) is 8.43. The molecule has 0 aliphatic carbocycles. The van der Waals surface area contributed by atoms with Crippen LogP contribution in [0.4, 0.5) is 10.1 Å². The number of halogens is 3. The average molecular weight is 609 g/mol. The van der Waals surface area contributed by atoms with Gasteiger partial charge in [0.15, 0.2) is 0 Å². The van der Waals surface area contributed by atoms with Gasteiger partial charge in [0.25, 0.3) is 0 Å². The second-order valence-corrected chi connectivity index (χ2v) is 11.9. The van der Waals surface area contributed by atoms with Crippen molar-refractivity contribution >= 4 is 50.7 Å². The predicted octanol–water partition coefficient (Wildman–Crippen LogP) is 5.45. The molecule has 0 saturated heterocycles. The molecule has 3 aromatic rings. The first kappa shape index (κ1) is 31.4. The molecule has 3 aromatic carbocycles. The van der Waals surface area contributed by atoms with Gasteiger partial charge in [0.2, 0.25) is 21.8 Å². The minimum atomic E-state index is -3.83. The fraction of sp³-hybridized carbons (Fsp3) is 0.310. The molecule has 0 unspecified atom stereocenters. The maximum absolute atomic E-state index is 14.4. The first-order chi connectivity index (χ1) is 19.0. The van der Waals surface area contributed by atoms with Crippen molar-refractivity contribution in [3.63, 3.8) is 0 Å². The summed E-state index contributed by atoms with van der Waals surface area (Å²) in [6.07, 6.45) is 1.21. The van der Waals surface area contributed by atoms with Gasteiger partial charge in [0.05, 0.1) is 11.9 Å². The Balaban J connectivity index is 1.91. The summed E-state index contributed by atoms with van der Waals surface area (Å²) in [6.45, 7) is 1.99. The number of carbonyl (C=O) groups is 2. The largest absolute Gasteiger partial charge is 0.355 e. The van der Waals surface area contributed by atoms with E-state index in [4.69, 9.17) is 23.2 Å². The highest BCUT2D eigenvalue weighted by molar-refractivity contribution is 7.92. The molecule has 2 amide bonds. The third-order valence-corrected chi connectivity index (χ3v) is 8.17. The smallest absolute Gasteiger partial charge is 0.243 e. The van der Waals surface area contributed by atoms with Crippen LogP contribution in [0, 0.1) is 5.82 Å². The molecular formula is C29H32Cl2FN3O4S. The lowest BCUT2D eigenvalue weighted by atomic mass is 10.0. The predicted molar refractivity (Wildman–Crippen MR) is 157 cm³/mol. The second kappa shape index (κ2) is 14.5. The van der Waals surface area contributed by atoms with Gasteiger partial charge in [-0.2, -0.15) is 0 Å². The van der Waals surface area contributed by atoms with Crippen LogP contribution in [0.25, 0.3) is 0 Å². The van der Waals surface area contributed by atoms with Crippen molar-refractivity contribution in [2.45, 2.75) is 38.8 Å². The van der Waals surface area contributed by atoms with Crippen LogP contribution >= 0.6 is 23.2 Å². The van der Waals surface area contributed by atoms with Crippen molar-refractivity contribution in [3.05, 3.63) is 99.8 Å². The lowest BCUT2D eigenvalue weighted by Gasteiger charge is -2.32. The molecule has 0 fully saturated rings. The van der Waals surface area contributed by atoms with E-state index in [0.29, 0.717) is 22.2 Å². The van der Waals surface area contributed by atoms with Gasteiger partial charge >= 0.3 is 0 Å². The highest BCUT2D eigenvalue weighted by Crippen LogP contribution is 2.28. The van der Waals surface area contributed by atoms with Gasteiger partial charge < -0.3 is 10.2 Å². The number of hydrogen-bond acceptors (Lipinski definition) is 4. The van der Waals surface area contributed by atoms with Crippen molar-refractivity contribution < 1.29 is 22.4 Å². The van der Waals surface area contributed by atoms with Crippen LogP contribution in [-0.4, -0.2) is 50.5 Å². The molecule has 0 aliphatic heterocycles. The fourth-order valence-electron chi connectivity index (χ4n) is 4.34. The Morgan fingerprint density at radius 3 is 2.17 bits per heavy atom. The summed E-state index contributed by atoms with van der Waals surface area (Å²) in [5.74, 6) is -1.43. The lowest BCUT2D eigenvalue weighted by molar-refractivity contribution is -0.141. The Bertz CT molecular complexity index is 1400. The maximum atomic E-state index is 14.4. The number of nitrogens with one attached hydrogen (secondary N) is 1. The summed E-state index contributed by atoms with van der Waals surface area (Å²) in [4.78, 5) is 28.5. The zero-order valence-electron chi connectivity index (χ0n) is 22.3. The minimum Gasteiger partial charge on any atom is -0.355 e. The van der Waals surface area contributed by atoms with E-state index in [9.17, 15) is 22.4 Å². The number of likely N-dealkylation sites (N-methyl/N-ethyl adjacent to an activating group) is 1. The molecule has 0 spiro atoms. The van der Waals surface area contributed by atoms with E-state index >= 15 is 0 Å². The van der Waals surface area contributed by atoms with E-state index in [2.05, 4.69) is 5.32 Å². The summed E-state index contributed by atoms with van der Waals surface area (Å²) in [7, 11) is -3.83. The van der Waals surface area contributed by atoms with Crippen LogP contribution in [-0.2, 0) is 32.6 Å². The van der Waals surface area contributed by atoms with Gasteiger partial charge in [0, 0.05) is 48.1 Å². The molecule has 0 aliphatic rings. The standard InChI is InChI=1S/C29H32Cl2FN3O4S/c1-3-33-29(37)27(19-21-11-5-4-6-12-21)34(20-22-23(30)13-9-14-24(22)31)28(36)17-10-18-35(40(2,38)39)26-16-8-7-15-25(26)32/h4-9,11-16,27H,3,10,17-20H2,1-2H3,(H,33,37)/t27-/m1/s1. The second-order valence-electron chi connectivity index (χ2n) is 9.21. The average Bonchev–Trinajstić information content (AvgIpc) is 2.90. The van der Waals surface area contributed by atoms with Crippen molar-refractivity contribution in [3.8, 4) is 0 Å². The fourth-order valence-corrected chi connectivity index (χ4v) is 5.82. The highest BCUT2D eigenvalue weighted by atomic mass is 35.5. The summed E-state index contributed by atoms with van der Waals surface area (Å²) in [5, 5.41) is 3.51. The van der Waals surface area contributed by atoms with Gasteiger partial charge in [-0.15, -0.1) is 0 Å². The molecule has 0 saturated carbocycles. The van der Waals surface area contributed by atoms with Gasteiger partial charge in [-0.25, -0.2) is 12.8 Å². The molecule has 0 heterocycles. The number of sulfonamides is 1. The van der Waals surface area contributed by atoms with Gasteiger partial charge in [-0.05, 0) is 43.2 Å². The van der Waals surface area contributed by atoms with Crippen molar-refractivity contribution in [1.82, 2.24) is 10.2 Å². The van der Waals surface area contributed by atoms with Crippen LogP contribution in [0.5, 0.6) is 0 Å². The van der Waals surface area contributed by atoms with Crippen LogP contribution < -0.4 is 9.62 Å². The summed E-state index contributed by atoms with van der Waals surface area (Å²) in [5.41, 5.74) is 1.25. The number of hydrogen-bond donors (Lipinski definition) is 1. The van der Waals surface area contributed by atoms with E-state index in [-0.39, 0.29) is 43.9 Å². The highest BCUT2D eigenvalue weighted by Gasteiger charge is 2.31. The van der Waals surface area contributed by atoms with Crippen molar-refractivity contribution in [1.29, 1.82) is 0 Å². The maximum Gasteiger partial charge on any atom is 0.243 e. The van der Waals surface area contributed by atoms with E-state index in [1.54, 1.807) is 25.1 Å². The Hall–Kier alpha value is -3.14. The summed E-state index contributed by atoms with van der Waals surface area (Å²) < 4.78 is 40.3. The monoisotopic (exact) mass is 607 g/mol. The van der Waals surface area contributed by atoms with E-state index in [1.807, 2.05) is 30.3 Å². The van der Waals surface area contributed by atoms with Crippen molar-refractivity contribution in [2.75, 3.05) is 23.7 Å². The zero-order valence-corrected chi connectivity index (χ0v) is 24.6. The molecule has 1 N–H and O–H groups in total. The third-order valence-electron chi connectivity index (χ3n) is 6.29. The Labute approximate surface area is 244 Å². The molecule has 0 bridgehead atoms. The quantitative estimate of drug-likeness (QED) is 0.280. The number of anilines is 1. The molecule has 7 nitrogen and oxygen atoms in total. The molecule has 214 valence electrons. The topological polar surface area (TPSA) is 86.8 Å². The van der Waals surface area contributed by atoms with Gasteiger partial charge in [-0.1, -0.05) is 71.7 Å². The first-order valence-corrected chi connectivity index (χ1v) is 15.4. The molecule has 1 atom stereocenters. The molecule has 0 aromatic heterocycles.